The standard InChI is InChI=1S/C14H27N3O3S2/c1-11-6-5-7-16(8-11)22(19,20)17-10-21-9-12(17)13(18)15-14(2,3)4/h11-12H,5-10H2,1-4H3,(H,15,18). The third kappa shape index (κ3) is 4.15. The first-order valence-corrected chi connectivity index (χ1v) is 10.3. The van der Waals surface area contributed by atoms with Gasteiger partial charge in [-0.25, -0.2) is 0 Å². The first kappa shape index (κ1) is 18.0. The van der Waals surface area contributed by atoms with Crippen LogP contribution in [0.1, 0.15) is 40.5 Å². The van der Waals surface area contributed by atoms with E-state index in [1.165, 1.54) is 16.1 Å². The van der Waals surface area contributed by atoms with Crippen LogP contribution in [0, 0.1) is 5.92 Å². The molecule has 0 spiro atoms. The lowest BCUT2D eigenvalue weighted by Crippen LogP contribution is -2.56. The highest BCUT2D eigenvalue weighted by Crippen LogP contribution is 2.29. The van der Waals surface area contributed by atoms with Crippen molar-refractivity contribution in [2.75, 3.05) is 24.7 Å². The van der Waals surface area contributed by atoms with Gasteiger partial charge in [0.1, 0.15) is 6.04 Å². The Labute approximate surface area is 138 Å². The van der Waals surface area contributed by atoms with Crippen LogP contribution in [0.4, 0.5) is 0 Å². The SMILES string of the molecule is CC1CCCN(S(=O)(=O)N2CSCC2C(=O)NC(C)(C)C)C1. The Hall–Kier alpha value is -0.310. The van der Waals surface area contributed by atoms with Crippen molar-refractivity contribution in [3.63, 3.8) is 0 Å². The predicted molar refractivity (Wildman–Crippen MR) is 89.7 cm³/mol. The van der Waals surface area contributed by atoms with Crippen molar-refractivity contribution in [1.29, 1.82) is 0 Å². The van der Waals surface area contributed by atoms with Crippen LogP contribution in [0.15, 0.2) is 0 Å². The van der Waals surface area contributed by atoms with Crippen molar-refractivity contribution < 1.29 is 13.2 Å². The summed E-state index contributed by atoms with van der Waals surface area (Å²) in [5.74, 6) is 1.05. The zero-order chi connectivity index (χ0) is 16.5. The molecule has 0 aromatic rings. The number of hydrogen-bond acceptors (Lipinski definition) is 4. The van der Waals surface area contributed by atoms with Gasteiger partial charge in [-0.15, -0.1) is 11.8 Å². The molecule has 2 saturated heterocycles. The summed E-state index contributed by atoms with van der Waals surface area (Å²) in [5, 5.41) is 2.90. The number of nitrogens with zero attached hydrogens (tertiary/aromatic N) is 2. The minimum Gasteiger partial charge on any atom is -0.350 e. The van der Waals surface area contributed by atoms with Crippen LogP contribution in [0.2, 0.25) is 0 Å². The molecule has 0 bridgehead atoms. The molecule has 0 aromatic heterocycles. The molecule has 22 heavy (non-hydrogen) atoms. The van der Waals surface area contributed by atoms with Gasteiger partial charge in [0.2, 0.25) is 5.91 Å². The van der Waals surface area contributed by atoms with Gasteiger partial charge in [-0.1, -0.05) is 6.92 Å². The fourth-order valence-corrected chi connectivity index (χ4v) is 6.28. The Kier molecular flexibility index (Phi) is 5.46. The van der Waals surface area contributed by atoms with Crippen molar-refractivity contribution in [3.8, 4) is 0 Å². The quantitative estimate of drug-likeness (QED) is 0.833. The van der Waals surface area contributed by atoms with Crippen LogP contribution >= 0.6 is 11.8 Å². The summed E-state index contributed by atoms with van der Waals surface area (Å²) in [7, 11) is -3.56. The summed E-state index contributed by atoms with van der Waals surface area (Å²) in [6.07, 6.45) is 1.95. The summed E-state index contributed by atoms with van der Waals surface area (Å²) < 4.78 is 28.7. The molecule has 1 amide bonds. The highest BCUT2D eigenvalue weighted by molar-refractivity contribution is 8.00. The molecule has 0 aromatic carbocycles. The predicted octanol–water partition coefficient (Wildman–Crippen LogP) is 1.25. The van der Waals surface area contributed by atoms with E-state index < -0.39 is 16.3 Å². The van der Waals surface area contributed by atoms with Gasteiger partial charge >= 0.3 is 0 Å². The maximum absolute atomic E-state index is 12.9. The summed E-state index contributed by atoms with van der Waals surface area (Å²) in [6, 6.07) is -0.605. The van der Waals surface area contributed by atoms with Crippen LogP contribution in [0.25, 0.3) is 0 Å². The Bertz CT molecular complexity index is 516. The van der Waals surface area contributed by atoms with Gasteiger partial charge in [0.15, 0.2) is 0 Å². The molecule has 2 fully saturated rings. The zero-order valence-corrected chi connectivity index (χ0v) is 15.5. The highest BCUT2D eigenvalue weighted by Gasteiger charge is 2.43. The lowest BCUT2D eigenvalue weighted by Gasteiger charge is -2.35. The van der Waals surface area contributed by atoms with E-state index in [1.807, 2.05) is 20.8 Å². The number of carbonyl (C=O) groups is 1. The average Bonchev–Trinajstić information content (AvgIpc) is 2.86. The van der Waals surface area contributed by atoms with E-state index in [9.17, 15) is 13.2 Å². The molecule has 0 saturated carbocycles. The minimum atomic E-state index is -3.56. The van der Waals surface area contributed by atoms with E-state index in [1.54, 1.807) is 4.31 Å². The lowest BCUT2D eigenvalue weighted by molar-refractivity contribution is -0.125. The third-order valence-electron chi connectivity index (χ3n) is 3.89. The minimum absolute atomic E-state index is 0.203. The second kappa shape index (κ2) is 6.67. The Morgan fingerprint density at radius 3 is 2.59 bits per heavy atom. The molecule has 2 unspecified atom stereocenters. The molecule has 2 atom stereocenters. The van der Waals surface area contributed by atoms with Crippen LogP contribution < -0.4 is 5.32 Å². The van der Waals surface area contributed by atoms with E-state index in [-0.39, 0.29) is 11.4 Å². The van der Waals surface area contributed by atoms with Crippen molar-refractivity contribution in [1.82, 2.24) is 13.9 Å². The monoisotopic (exact) mass is 349 g/mol. The Morgan fingerprint density at radius 2 is 2.00 bits per heavy atom. The van der Waals surface area contributed by atoms with Gasteiger partial charge < -0.3 is 5.32 Å². The second-order valence-electron chi connectivity index (χ2n) is 7.26. The molecule has 2 rings (SSSR count). The van der Waals surface area contributed by atoms with Crippen LogP contribution in [-0.4, -0.2) is 59.2 Å². The van der Waals surface area contributed by atoms with Gasteiger partial charge in [-0.05, 0) is 39.5 Å². The molecule has 2 aliphatic heterocycles. The van der Waals surface area contributed by atoms with Gasteiger partial charge in [0, 0.05) is 24.4 Å². The summed E-state index contributed by atoms with van der Waals surface area (Å²) in [5.41, 5.74) is -0.362. The Morgan fingerprint density at radius 1 is 1.32 bits per heavy atom. The molecule has 128 valence electrons. The molecule has 8 heteroatoms. The fraction of sp³-hybridized carbons (Fsp3) is 0.929. The number of nitrogens with one attached hydrogen (secondary N) is 1. The third-order valence-corrected chi connectivity index (χ3v) is 7.02. The van der Waals surface area contributed by atoms with E-state index in [0.29, 0.717) is 30.6 Å². The van der Waals surface area contributed by atoms with E-state index in [2.05, 4.69) is 12.2 Å². The van der Waals surface area contributed by atoms with E-state index in [4.69, 9.17) is 0 Å². The van der Waals surface area contributed by atoms with Crippen LogP contribution in [0.3, 0.4) is 0 Å². The van der Waals surface area contributed by atoms with Crippen LogP contribution in [-0.2, 0) is 15.0 Å². The van der Waals surface area contributed by atoms with Crippen LogP contribution in [0.5, 0.6) is 0 Å². The maximum atomic E-state index is 12.9. The summed E-state index contributed by atoms with van der Waals surface area (Å²) >= 11 is 1.50. The summed E-state index contributed by atoms with van der Waals surface area (Å²) in [6.45, 7) is 8.89. The van der Waals surface area contributed by atoms with Gasteiger partial charge in [0.05, 0.1) is 5.88 Å². The molecule has 0 aliphatic carbocycles. The molecular weight excluding hydrogens is 322 g/mol. The molecular formula is C14H27N3O3S2. The van der Waals surface area contributed by atoms with E-state index in [0.717, 1.165) is 12.8 Å². The smallest absolute Gasteiger partial charge is 0.283 e. The first-order chi connectivity index (χ1) is 10.1. The molecule has 0 radical (unpaired) electrons. The van der Waals surface area contributed by atoms with Gasteiger partial charge in [-0.3, -0.25) is 4.79 Å². The van der Waals surface area contributed by atoms with Crippen molar-refractivity contribution in [2.45, 2.75) is 52.1 Å². The number of amides is 1. The number of thioether (sulfide) groups is 1. The van der Waals surface area contributed by atoms with Gasteiger partial charge in [0.25, 0.3) is 10.2 Å². The first-order valence-electron chi connectivity index (χ1n) is 7.78. The number of rotatable bonds is 3. The summed E-state index contributed by atoms with van der Waals surface area (Å²) in [4.78, 5) is 12.4. The largest absolute Gasteiger partial charge is 0.350 e. The van der Waals surface area contributed by atoms with E-state index >= 15 is 0 Å². The normalized spacial score (nSPS) is 28.7. The molecule has 2 aliphatic rings. The molecule has 6 nitrogen and oxygen atoms in total. The maximum Gasteiger partial charge on any atom is 0.283 e. The van der Waals surface area contributed by atoms with Crippen molar-refractivity contribution in [2.24, 2.45) is 5.92 Å². The number of carbonyl (C=O) groups excluding carboxylic acids is 1. The zero-order valence-electron chi connectivity index (χ0n) is 13.8. The molecule has 2 heterocycles. The average molecular weight is 350 g/mol. The lowest BCUT2D eigenvalue weighted by atomic mass is 10.0. The second-order valence-corrected chi connectivity index (χ2v) is 10.1. The van der Waals surface area contributed by atoms with Crippen molar-refractivity contribution >= 4 is 27.9 Å². The topological polar surface area (TPSA) is 69.7 Å². The van der Waals surface area contributed by atoms with Gasteiger partial charge in [-0.2, -0.15) is 17.0 Å². The number of piperidine rings is 1. The molecule has 1 N–H and O–H groups in total. The highest BCUT2D eigenvalue weighted by atomic mass is 32.2. The number of hydrogen-bond donors (Lipinski definition) is 1. The fourth-order valence-electron chi connectivity index (χ4n) is 2.82. The van der Waals surface area contributed by atoms with Crippen molar-refractivity contribution in [3.05, 3.63) is 0 Å². The Balaban J connectivity index is 2.13.